The smallest absolute Gasteiger partial charge is 0.410 e. The number of benzene rings is 1. The Kier molecular flexibility index (Phi) is 6.86. The summed E-state index contributed by atoms with van der Waals surface area (Å²) in [4.78, 5) is 18.2. The van der Waals surface area contributed by atoms with E-state index >= 15 is 0 Å². The van der Waals surface area contributed by atoms with Gasteiger partial charge in [0.25, 0.3) is 0 Å². The van der Waals surface area contributed by atoms with Gasteiger partial charge in [-0.2, -0.15) is 0 Å². The fraction of sp³-hybridized carbons (Fsp3) is 0.579. The maximum Gasteiger partial charge on any atom is 0.410 e. The monoisotopic (exact) mass is 443 g/mol. The van der Waals surface area contributed by atoms with Crippen molar-refractivity contribution in [3.8, 4) is 0 Å². The van der Waals surface area contributed by atoms with Gasteiger partial charge >= 0.3 is 6.09 Å². The summed E-state index contributed by atoms with van der Waals surface area (Å²) in [6, 6.07) is 2.83. The summed E-state index contributed by atoms with van der Waals surface area (Å²) < 4.78 is 27.5. The SMILES string of the molecule is CCO[C@@H](CN(C)C(=O)OC(C)(C)C)Cn1c(C)nc2cc(F)cc(Br)c21. The molecule has 2 rings (SSSR count). The van der Waals surface area contributed by atoms with Gasteiger partial charge in [0.15, 0.2) is 0 Å². The molecule has 0 fully saturated rings. The second-order valence-corrected chi connectivity index (χ2v) is 8.32. The number of fused-ring (bicyclic) bond motifs is 1. The molecule has 6 nitrogen and oxygen atoms in total. The average Bonchev–Trinajstić information content (AvgIpc) is 2.81. The Morgan fingerprint density at radius 1 is 1.41 bits per heavy atom. The number of rotatable bonds is 6. The lowest BCUT2D eigenvalue weighted by Crippen LogP contribution is -2.40. The maximum absolute atomic E-state index is 13.7. The van der Waals surface area contributed by atoms with Crippen molar-refractivity contribution < 1.29 is 18.7 Å². The van der Waals surface area contributed by atoms with E-state index in [1.54, 1.807) is 7.05 Å². The molecule has 2 aromatic rings. The first-order valence-electron chi connectivity index (χ1n) is 8.89. The Balaban J connectivity index is 2.23. The summed E-state index contributed by atoms with van der Waals surface area (Å²) in [7, 11) is 1.68. The first-order valence-corrected chi connectivity index (χ1v) is 9.68. The van der Waals surface area contributed by atoms with Gasteiger partial charge in [0.2, 0.25) is 0 Å². The van der Waals surface area contributed by atoms with Gasteiger partial charge in [-0.25, -0.2) is 14.2 Å². The highest BCUT2D eigenvalue weighted by Crippen LogP contribution is 2.27. The lowest BCUT2D eigenvalue weighted by molar-refractivity contribution is 0.00177. The molecule has 0 aliphatic rings. The van der Waals surface area contributed by atoms with Crippen LogP contribution in [0.1, 0.15) is 33.5 Å². The topological polar surface area (TPSA) is 56.6 Å². The molecule has 0 saturated heterocycles. The molecule has 1 aromatic carbocycles. The predicted octanol–water partition coefficient (Wildman–Crippen LogP) is 4.52. The summed E-state index contributed by atoms with van der Waals surface area (Å²) in [5, 5.41) is 0. The van der Waals surface area contributed by atoms with Crippen molar-refractivity contribution in [2.75, 3.05) is 20.2 Å². The van der Waals surface area contributed by atoms with E-state index < -0.39 is 11.7 Å². The number of hydrogen-bond donors (Lipinski definition) is 0. The molecule has 0 saturated carbocycles. The molecule has 0 bridgehead atoms. The summed E-state index contributed by atoms with van der Waals surface area (Å²) in [5.74, 6) is 0.408. The molecule has 0 unspecified atom stereocenters. The van der Waals surface area contributed by atoms with Crippen molar-refractivity contribution in [2.45, 2.75) is 52.9 Å². The van der Waals surface area contributed by atoms with E-state index in [4.69, 9.17) is 9.47 Å². The third-order valence-corrected chi connectivity index (χ3v) is 4.53. The summed E-state index contributed by atoms with van der Waals surface area (Å²) in [5.41, 5.74) is 0.826. The van der Waals surface area contributed by atoms with E-state index in [0.717, 1.165) is 11.3 Å². The van der Waals surface area contributed by atoms with Crippen molar-refractivity contribution in [1.29, 1.82) is 0 Å². The quantitative estimate of drug-likeness (QED) is 0.658. The molecule has 27 heavy (non-hydrogen) atoms. The van der Waals surface area contributed by atoms with E-state index in [1.165, 1.54) is 17.0 Å². The molecular weight excluding hydrogens is 417 g/mol. The fourth-order valence-electron chi connectivity index (χ4n) is 2.85. The van der Waals surface area contributed by atoms with E-state index in [1.807, 2.05) is 39.2 Å². The largest absolute Gasteiger partial charge is 0.444 e. The molecule has 1 aromatic heterocycles. The Morgan fingerprint density at radius 2 is 2.07 bits per heavy atom. The van der Waals surface area contributed by atoms with Crippen LogP contribution in [0.5, 0.6) is 0 Å². The van der Waals surface area contributed by atoms with E-state index in [0.29, 0.717) is 29.7 Å². The van der Waals surface area contributed by atoms with Crippen LogP contribution in [0.3, 0.4) is 0 Å². The summed E-state index contributed by atoms with van der Waals surface area (Å²) >= 11 is 3.42. The number of carbonyl (C=O) groups excluding carboxylic acids is 1. The second-order valence-electron chi connectivity index (χ2n) is 7.46. The van der Waals surface area contributed by atoms with Crippen molar-refractivity contribution in [3.63, 3.8) is 0 Å². The van der Waals surface area contributed by atoms with Gasteiger partial charge in [0, 0.05) is 24.2 Å². The highest BCUT2D eigenvalue weighted by molar-refractivity contribution is 9.10. The van der Waals surface area contributed by atoms with Gasteiger partial charge in [-0.05, 0) is 56.6 Å². The molecule has 1 amide bonds. The number of aromatic nitrogens is 2. The van der Waals surface area contributed by atoms with Gasteiger partial charge in [-0.1, -0.05) is 0 Å². The number of halogens is 2. The molecule has 0 aliphatic carbocycles. The van der Waals surface area contributed by atoms with Crippen LogP contribution in [-0.2, 0) is 16.0 Å². The van der Waals surface area contributed by atoms with Crippen molar-refractivity contribution in [2.24, 2.45) is 0 Å². The zero-order valence-electron chi connectivity index (χ0n) is 16.7. The number of imidazole rings is 1. The molecule has 0 spiro atoms. The second kappa shape index (κ2) is 8.56. The van der Waals surface area contributed by atoms with E-state index in [-0.39, 0.29) is 11.9 Å². The van der Waals surface area contributed by atoms with Crippen LogP contribution >= 0.6 is 15.9 Å². The first-order chi connectivity index (χ1) is 12.5. The zero-order valence-corrected chi connectivity index (χ0v) is 18.3. The van der Waals surface area contributed by atoms with Crippen LogP contribution in [0.4, 0.5) is 9.18 Å². The Labute approximate surface area is 167 Å². The highest BCUT2D eigenvalue weighted by Gasteiger charge is 2.24. The lowest BCUT2D eigenvalue weighted by Gasteiger charge is -2.28. The van der Waals surface area contributed by atoms with Crippen molar-refractivity contribution in [1.82, 2.24) is 14.5 Å². The minimum atomic E-state index is -0.557. The number of hydrogen-bond acceptors (Lipinski definition) is 4. The van der Waals surface area contributed by atoms with Gasteiger partial charge in [0.1, 0.15) is 17.2 Å². The standard InChI is InChI=1S/C19H27BrFN3O3/c1-7-26-14(10-23(6)18(25)27-19(3,4)5)11-24-12(2)22-16-9-13(21)8-15(20)17(16)24/h8-9,14H,7,10-11H2,1-6H3/t14-/m0/s1. The predicted molar refractivity (Wildman–Crippen MR) is 106 cm³/mol. The number of nitrogens with zero attached hydrogens (tertiary/aromatic N) is 3. The molecule has 8 heteroatoms. The Hall–Kier alpha value is -1.67. The van der Waals surface area contributed by atoms with Crippen LogP contribution in [0.25, 0.3) is 11.0 Å². The molecule has 1 heterocycles. The molecule has 0 aliphatic heterocycles. The number of likely N-dealkylation sites (N-methyl/N-ethyl adjacent to an activating group) is 1. The van der Waals surface area contributed by atoms with Crippen LogP contribution in [-0.4, -0.2) is 52.4 Å². The third-order valence-electron chi connectivity index (χ3n) is 3.92. The van der Waals surface area contributed by atoms with Gasteiger partial charge in [0.05, 0.1) is 30.2 Å². The van der Waals surface area contributed by atoms with E-state index in [9.17, 15) is 9.18 Å². The molecular formula is C19H27BrFN3O3. The molecule has 150 valence electrons. The molecule has 0 radical (unpaired) electrons. The van der Waals surface area contributed by atoms with Gasteiger partial charge in [-0.15, -0.1) is 0 Å². The molecule has 0 N–H and O–H groups in total. The van der Waals surface area contributed by atoms with Crippen LogP contribution in [0.15, 0.2) is 16.6 Å². The Morgan fingerprint density at radius 3 is 2.67 bits per heavy atom. The van der Waals surface area contributed by atoms with Crippen LogP contribution in [0.2, 0.25) is 0 Å². The first kappa shape index (κ1) is 21.6. The van der Waals surface area contributed by atoms with Gasteiger partial charge in [-0.3, -0.25) is 0 Å². The minimum Gasteiger partial charge on any atom is -0.444 e. The fourth-order valence-corrected chi connectivity index (χ4v) is 3.48. The number of amides is 1. The van der Waals surface area contributed by atoms with Crippen molar-refractivity contribution in [3.05, 3.63) is 28.2 Å². The van der Waals surface area contributed by atoms with Crippen LogP contribution < -0.4 is 0 Å². The number of carbonyl (C=O) groups is 1. The summed E-state index contributed by atoms with van der Waals surface area (Å²) in [6.07, 6.45) is -0.664. The number of aryl methyl sites for hydroxylation is 1. The minimum absolute atomic E-state index is 0.263. The Bertz CT molecular complexity index is 817. The summed E-state index contributed by atoms with van der Waals surface area (Å²) in [6.45, 7) is 10.6. The zero-order chi connectivity index (χ0) is 20.4. The maximum atomic E-state index is 13.7. The third kappa shape index (κ3) is 5.65. The molecule has 1 atom stereocenters. The van der Waals surface area contributed by atoms with Crippen molar-refractivity contribution >= 4 is 33.1 Å². The number of ether oxygens (including phenoxy) is 2. The average molecular weight is 444 g/mol. The van der Waals surface area contributed by atoms with E-state index in [2.05, 4.69) is 20.9 Å². The van der Waals surface area contributed by atoms with Gasteiger partial charge < -0.3 is 18.9 Å². The van der Waals surface area contributed by atoms with Crippen LogP contribution in [0, 0.1) is 12.7 Å². The normalized spacial score (nSPS) is 13.0. The highest BCUT2D eigenvalue weighted by atomic mass is 79.9. The lowest BCUT2D eigenvalue weighted by atomic mass is 10.2.